The van der Waals surface area contributed by atoms with Crippen molar-refractivity contribution >= 4 is 5.91 Å². The van der Waals surface area contributed by atoms with Gasteiger partial charge in [-0.2, -0.15) is 0 Å². The average molecular weight is 342 g/mol. The molecule has 0 bridgehead atoms. The summed E-state index contributed by atoms with van der Waals surface area (Å²) in [7, 11) is 0. The van der Waals surface area contributed by atoms with E-state index >= 15 is 0 Å². The maximum atomic E-state index is 12.3. The molecule has 7 heteroatoms. The molecule has 2 fully saturated rings. The van der Waals surface area contributed by atoms with Crippen LogP contribution < -0.4 is 0 Å². The Morgan fingerprint density at radius 1 is 1.16 bits per heavy atom. The van der Waals surface area contributed by atoms with E-state index in [2.05, 4.69) is 26.5 Å². The number of rotatable bonds is 4. The predicted molar refractivity (Wildman–Crippen MR) is 93.1 cm³/mol. The first-order valence-electron chi connectivity index (χ1n) is 9.47. The molecule has 1 aliphatic carbocycles. The first-order valence-corrected chi connectivity index (χ1v) is 9.47. The highest BCUT2D eigenvalue weighted by molar-refractivity contribution is 5.92. The van der Waals surface area contributed by atoms with Crippen molar-refractivity contribution < 1.29 is 4.79 Å². The van der Waals surface area contributed by atoms with Crippen LogP contribution >= 0.6 is 0 Å². The average Bonchev–Trinajstić information content (AvgIpc) is 3.35. The van der Waals surface area contributed by atoms with E-state index in [1.54, 1.807) is 12.5 Å². The summed E-state index contributed by atoms with van der Waals surface area (Å²) in [5.41, 5.74) is 1.75. The number of likely N-dealkylation sites (tertiary alicyclic amines) is 1. The van der Waals surface area contributed by atoms with E-state index in [1.807, 2.05) is 9.58 Å². The van der Waals surface area contributed by atoms with Crippen molar-refractivity contribution in [3.8, 4) is 0 Å². The standard InChI is InChI=1S/C18H26N6O/c25-18(16-10-19-13-20-16)23-8-6-14(7-9-23)11-24-12-17(21-22-24)15-4-2-1-3-5-15/h10,12-15H,1-9,11H2,(H,19,20). The molecular formula is C18H26N6O. The second kappa shape index (κ2) is 7.37. The molecule has 1 N–H and O–H groups in total. The maximum absolute atomic E-state index is 12.3. The number of imidazole rings is 1. The number of amides is 1. The normalized spacial score (nSPS) is 20.1. The van der Waals surface area contributed by atoms with E-state index < -0.39 is 0 Å². The summed E-state index contributed by atoms with van der Waals surface area (Å²) in [6, 6.07) is 0. The third kappa shape index (κ3) is 3.75. The van der Waals surface area contributed by atoms with E-state index in [0.29, 0.717) is 17.5 Å². The minimum atomic E-state index is 0.0521. The van der Waals surface area contributed by atoms with Crippen LogP contribution in [0, 0.1) is 5.92 Å². The van der Waals surface area contributed by atoms with Gasteiger partial charge in [0.05, 0.1) is 18.2 Å². The van der Waals surface area contributed by atoms with Crippen LogP contribution in [-0.2, 0) is 6.54 Å². The Bertz CT molecular complexity index is 680. The summed E-state index contributed by atoms with van der Waals surface area (Å²) >= 11 is 0. The first-order chi connectivity index (χ1) is 12.3. The number of carbonyl (C=O) groups excluding carboxylic acids is 1. The SMILES string of the molecule is O=C(c1cnc[nH]1)N1CCC(Cn2cc(C3CCCCC3)nn2)CC1. The molecule has 134 valence electrons. The van der Waals surface area contributed by atoms with Crippen molar-refractivity contribution in [2.45, 2.75) is 57.4 Å². The Labute approximate surface area is 147 Å². The van der Waals surface area contributed by atoms with Crippen LogP contribution in [0.3, 0.4) is 0 Å². The van der Waals surface area contributed by atoms with Gasteiger partial charge in [-0.25, -0.2) is 4.98 Å². The van der Waals surface area contributed by atoms with E-state index in [4.69, 9.17) is 0 Å². The monoisotopic (exact) mass is 342 g/mol. The lowest BCUT2D eigenvalue weighted by Crippen LogP contribution is -2.39. The molecule has 3 heterocycles. The van der Waals surface area contributed by atoms with Crippen LogP contribution in [-0.4, -0.2) is 48.9 Å². The van der Waals surface area contributed by atoms with Crippen LogP contribution in [0.1, 0.15) is 67.0 Å². The molecule has 0 radical (unpaired) electrons. The van der Waals surface area contributed by atoms with Gasteiger partial charge < -0.3 is 9.88 Å². The Balaban J connectivity index is 1.28. The van der Waals surface area contributed by atoms with Crippen molar-refractivity contribution in [2.75, 3.05) is 13.1 Å². The molecule has 0 spiro atoms. The van der Waals surface area contributed by atoms with Gasteiger partial charge in [0, 0.05) is 31.7 Å². The second-order valence-electron chi connectivity index (χ2n) is 7.40. The van der Waals surface area contributed by atoms with Crippen LogP contribution in [0.4, 0.5) is 0 Å². The maximum Gasteiger partial charge on any atom is 0.271 e. The lowest BCUT2D eigenvalue weighted by molar-refractivity contribution is 0.0675. The topological polar surface area (TPSA) is 79.7 Å². The molecule has 0 atom stereocenters. The number of nitrogens with zero attached hydrogens (tertiary/aromatic N) is 5. The fourth-order valence-electron chi connectivity index (χ4n) is 4.11. The van der Waals surface area contributed by atoms with Gasteiger partial charge in [-0.3, -0.25) is 9.48 Å². The minimum absolute atomic E-state index is 0.0521. The summed E-state index contributed by atoms with van der Waals surface area (Å²) in [5, 5.41) is 8.77. The van der Waals surface area contributed by atoms with E-state index in [1.165, 1.54) is 37.8 Å². The number of hydrogen-bond donors (Lipinski definition) is 1. The number of hydrogen-bond acceptors (Lipinski definition) is 4. The second-order valence-corrected chi connectivity index (χ2v) is 7.40. The van der Waals surface area contributed by atoms with E-state index in [0.717, 1.165) is 32.5 Å². The molecule has 1 saturated heterocycles. The molecule has 1 saturated carbocycles. The van der Waals surface area contributed by atoms with Gasteiger partial charge in [-0.1, -0.05) is 24.5 Å². The number of aromatic nitrogens is 5. The zero-order valence-corrected chi connectivity index (χ0v) is 14.6. The molecule has 1 aliphatic heterocycles. The van der Waals surface area contributed by atoms with E-state index in [-0.39, 0.29) is 5.91 Å². The van der Waals surface area contributed by atoms with Crippen molar-refractivity contribution in [3.05, 3.63) is 30.1 Å². The van der Waals surface area contributed by atoms with Gasteiger partial charge >= 0.3 is 0 Å². The largest absolute Gasteiger partial charge is 0.341 e. The molecule has 0 aromatic carbocycles. The summed E-state index contributed by atoms with van der Waals surface area (Å²) < 4.78 is 2.01. The minimum Gasteiger partial charge on any atom is -0.341 e. The number of H-pyrrole nitrogens is 1. The van der Waals surface area contributed by atoms with Crippen LogP contribution in [0.25, 0.3) is 0 Å². The van der Waals surface area contributed by atoms with Crippen molar-refractivity contribution in [1.82, 2.24) is 29.9 Å². The van der Waals surface area contributed by atoms with E-state index in [9.17, 15) is 4.79 Å². The Kier molecular flexibility index (Phi) is 4.81. The number of carbonyl (C=O) groups is 1. The van der Waals surface area contributed by atoms with Crippen LogP contribution in [0.15, 0.2) is 18.7 Å². The first kappa shape index (κ1) is 16.3. The summed E-state index contributed by atoms with van der Waals surface area (Å²) in [4.78, 5) is 21.1. The molecule has 0 unspecified atom stereocenters. The summed E-state index contributed by atoms with van der Waals surface area (Å²) in [5.74, 6) is 1.22. The summed E-state index contributed by atoms with van der Waals surface area (Å²) in [6.07, 6.45) is 13.8. The molecule has 4 rings (SSSR count). The van der Waals surface area contributed by atoms with Gasteiger partial charge in [-0.15, -0.1) is 5.10 Å². The third-order valence-corrected chi connectivity index (χ3v) is 5.66. The van der Waals surface area contributed by atoms with Crippen molar-refractivity contribution in [2.24, 2.45) is 5.92 Å². The van der Waals surface area contributed by atoms with Gasteiger partial charge in [0.2, 0.25) is 0 Å². The number of nitrogens with one attached hydrogen (secondary N) is 1. The van der Waals surface area contributed by atoms with Gasteiger partial charge in [0.25, 0.3) is 5.91 Å². The third-order valence-electron chi connectivity index (χ3n) is 5.66. The Morgan fingerprint density at radius 2 is 1.96 bits per heavy atom. The molecule has 25 heavy (non-hydrogen) atoms. The summed E-state index contributed by atoms with van der Waals surface area (Å²) in [6.45, 7) is 2.51. The lowest BCUT2D eigenvalue weighted by Gasteiger charge is -2.31. The molecule has 2 aromatic heterocycles. The molecule has 7 nitrogen and oxygen atoms in total. The highest BCUT2D eigenvalue weighted by Gasteiger charge is 2.25. The number of aromatic amines is 1. The zero-order chi connectivity index (χ0) is 17.1. The van der Waals surface area contributed by atoms with Gasteiger partial charge in [0.15, 0.2) is 0 Å². The highest BCUT2D eigenvalue weighted by atomic mass is 16.2. The molecule has 1 amide bonds. The zero-order valence-electron chi connectivity index (χ0n) is 14.6. The predicted octanol–water partition coefficient (Wildman–Crippen LogP) is 2.60. The van der Waals surface area contributed by atoms with Crippen molar-refractivity contribution in [3.63, 3.8) is 0 Å². The van der Waals surface area contributed by atoms with Gasteiger partial charge in [0.1, 0.15) is 5.69 Å². The fourth-order valence-corrected chi connectivity index (χ4v) is 4.11. The quantitative estimate of drug-likeness (QED) is 0.926. The molecule has 2 aliphatic rings. The smallest absolute Gasteiger partial charge is 0.271 e. The van der Waals surface area contributed by atoms with Crippen molar-refractivity contribution in [1.29, 1.82) is 0 Å². The van der Waals surface area contributed by atoms with Crippen LogP contribution in [0.5, 0.6) is 0 Å². The lowest BCUT2D eigenvalue weighted by atomic mass is 9.87. The van der Waals surface area contributed by atoms with Crippen LogP contribution in [0.2, 0.25) is 0 Å². The Morgan fingerprint density at radius 3 is 2.68 bits per heavy atom. The highest BCUT2D eigenvalue weighted by Crippen LogP contribution is 2.31. The Hall–Kier alpha value is -2.18. The fraction of sp³-hybridized carbons (Fsp3) is 0.667. The molecular weight excluding hydrogens is 316 g/mol. The van der Waals surface area contributed by atoms with Gasteiger partial charge in [-0.05, 0) is 31.6 Å². The number of piperidine rings is 1. The molecule has 2 aromatic rings.